The van der Waals surface area contributed by atoms with Gasteiger partial charge in [0.15, 0.2) is 0 Å². The number of anilines is 1. The van der Waals surface area contributed by atoms with Crippen LogP contribution in [0.1, 0.15) is 37.8 Å². The van der Waals surface area contributed by atoms with Crippen molar-refractivity contribution in [1.29, 1.82) is 0 Å². The number of ether oxygens (including phenoxy) is 1. The van der Waals surface area contributed by atoms with Gasteiger partial charge in [0, 0.05) is 18.1 Å². The van der Waals surface area contributed by atoms with Crippen molar-refractivity contribution < 1.29 is 22.7 Å². The first-order valence-electron chi connectivity index (χ1n) is 13.1. The standard InChI is InChI=1S/C30H36ClN3O5S/c1-5-6-18-32-30(36)23(3)33(20-24-10-9-11-25(31)19-24)29(35)21-34(27-12-7-8-13-28(27)39-4)40(37,38)26-16-14-22(2)15-17-26/h7-17,19,23H,5-6,18,20-21H2,1-4H3,(H,32,36)/t23-/m0/s1. The molecule has 10 heteroatoms. The molecule has 40 heavy (non-hydrogen) atoms. The van der Waals surface area contributed by atoms with Gasteiger partial charge in [0.25, 0.3) is 10.0 Å². The Bertz CT molecular complexity index is 1410. The number of benzene rings is 3. The number of halogens is 1. The van der Waals surface area contributed by atoms with Crippen molar-refractivity contribution in [2.45, 2.75) is 51.1 Å². The lowest BCUT2D eigenvalue weighted by Gasteiger charge is -2.32. The normalized spacial score (nSPS) is 11.9. The molecular weight excluding hydrogens is 550 g/mol. The molecule has 3 aromatic carbocycles. The van der Waals surface area contributed by atoms with E-state index >= 15 is 0 Å². The molecule has 1 atom stereocenters. The number of aryl methyl sites for hydroxylation is 1. The smallest absolute Gasteiger partial charge is 0.264 e. The Morgan fingerprint density at radius 2 is 1.73 bits per heavy atom. The van der Waals surface area contributed by atoms with Gasteiger partial charge in [-0.05, 0) is 62.2 Å². The predicted octanol–water partition coefficient (Wildman–Crippen LogP) is 5.19. The summed E-state index contributed by atoms with van der Waals surface area (Å²) in [6, 6.07) is 19.1. The van der Waals surface area contributed by atoms with Crippen LogP contribution >= 0.6 is 11.6 Å². The van der Waals surface area contributed by atoms with Crippen LogP contribution < -0.4 is 14.4 Å². The number of carbonyl (C=O) groups excluding carboxylic acids is 2. The van der Waals surface area contributed by atoms with Crippen LogP contribution in [0.3, 0.4) is 0 Å². The maximum absolute atomic E-state index is 14.0. The van der Waals surface area contributed by atoms with Gasteiger partial charge in [-0.15, -0.1) is 0 Å². The molecule has 0 bridgehead atoms. The molecule has 3 aromatic rings. The summed E-state index contributed by atoms with van der Waals surface area (Å²) in [5.41, 5.74) is 1.82. The van der Waals surface area contributed by atoms with Gasteiger partial charge in [-0.2, -0.15) is 0 Å². The predicted molar refractivity (Wildman–Crippen MR) is 158 cm³/mol. The quantitative estimate of drug-likeness (QED) is 0.279. The first kappa shape index (κ1) is 31.0. The lowest BCUT2D eigenvalue weighted by Crippen LogP contribution is -2.51. The Balaban J connectivity index is 2.04. The molecule has 0 saturated carbocycles. The maximum atomic E-state index is 14.0. The van der Waals surface area contributed by atoms with Crippen LogP contribution in [0.15, 0.2) is 77.7 Å². The third-order valence-corrected chi connectivity index (χ3v) is 8.49. The maximum Gasteiger partial charge on any atom is 0.264 e. The largest absolute Gasteiger partial charge is 0.495 e. The Morgan fingerprint density at radius 3 is 2.38 bits per heavy atom. The van der Waals surface area contributed by atoms with Crippen molar-refractivity contribution in [1.82, 2.24) is 10.2 Å². The highest BCUT2D eigenvalue weighted by Gasteiger charge is 2.33. The Kier molecular flexibility index (Phi) is 11.0. The van der Waals surface area contributed by atoms with Crippen LogP contribution in [0, 0.1) is 6.92 Å². The topological polar surface area (TPSA) is 96.0 Å². The molecule has 0 aliphatic heterocycles. The minimum absolute atomic E-state index is 0.0311. The van der Waals surface area contributed by atoms with Crippen molar-refractivity contribution in [2.75, 3.05) is 24.5 Å². The molecule has 0 radical (unpaired) electrons. The fourth-order valence-corrected chi connectivity index (χ4v) is 5.77. The number of nitrogens with one attached hydrogen (secondary N) is 1. The second-order valence-corrected chi connectivity index (χ2v) is 11.8. The average molecular weight is 586 g/mol. The summed E-state index contributed by atoms with van der Waals surface area (Å²) in [6.07, 6.45) is 1.71. The zero-order chi connectivity index (χ0) is 29.3. The molecule has 0 spiro atoms. The van der Waals surface area contributed by atoms with E-state index in [1.807, 2.05) is 13.8 Å². The summed E-state index contributed by atoms with van der Waals surface area (Å²) in [5.74, 6) is -0.591. The fraction of sp³-hybridized carbons (Fsp3) is 0.333. The number of carbonyl (C=O) groups is 2. The molecule has 0 aliphatic carbocycles. The molecule has 0 heterocycles. The van der Waals surface area contributed by atoms with Gasteiger partial charge < -0.3 is 15.0 Å². The van der Waals surface area contributed by atoms with Crippen LogP contribution in [0.4, 0.5) is 5.69 Å². The Hall–Kier alpha value is -3.56. The molecule has 3 rings (SSSR count). The SMILES string of the molecule is CCCCNC(=O)[C@H](C)N(Cc1cccc(Cl)c1)C(=O)CN(c1ccccc1OC)S(=O)(=O)c1ccc(C)cc1. The number of sulfonamides is 1. The third-order valence-electron chi connectivity index (χ3n) is 6.48. The van der Waals surface area contributed by atoms with Crippen LogP contribution in [0.5, 0.6) is 5.75 Å². The van der Waals surface area contributed by atoms with E-state index < -0.39 is 28.5 Å². The van der Waals surface area contributed by atoms with E-state index in [0.29, 0.717) is 17.1 Å². The van der Waals surface area contributed by atoms with E-state index in [9.17, 15) is 18.0 Å². The third kappa shape index (κ3) is 7.76. The van der Waals surface area contributed by atoms with E-state index in [4.69, 9.17) is 16.3 Å². The summed E-state index contributed by atoms with van der Waals surface area (Å²) in [7, 11) is -2.75. The monoisotopic (exact) mass is 585 g/mol. The second-order valence-electron chi connectivity index (χ2n) is 9.47. The molecule has 1 N–H and O–H groups in total. The van der Waals surface area contributed by atoms with E-state index in [1.165, 1.54) is 24.1 Å². The summed E-state index contributed by atoms with van der Waals surface area (Å²) >= 11 is 6.19. The van der Waals surface area contributed by atoms with Crippen LogP contribution in [0.2, 0.25) is 5.02 Å². The van der Waals surface area contributed by atoms with Gasteiger partial charge in [0.05, 0.1) is 17.7 Å². The van der Waals surface area contributed by atoms with Gasteiger partial charge in [-0.3, -0.25) is 13.9 Å². The minimum atomic E-state index is -4.19. The number of unbranched alkanes of at least 4 members (excludes halogenated alkanes) is 1. The lowest BCUT2D eigenvalue weighted by atomic mass is 10.1. The highest BCUT2D eigenvalue weighted by molar-refractivity contribution is 7.92. The van der Waals surface area contributed by atoms with Crippen molar-refractivity contribution in [2.24, 2.45) is 0 Å². The van der Waals surface area contributed by atoms with Gasteiger partial charge >= 0.3 is 0 Å². The molecule has 0 saturated heterocycles. The number of hydrogen-bond acceptors (Lipinski definition) is 5. The first-order chi connectivity index (χ1) is 19.1. The second kappa shape index (κ2) is 14.2. The molecule has 0 aliphatic rings. The van der Waals surface area contributed by atoms with Gasteiger partial charge in [0.1, 0.15) is 18.3 Å². The molecule has 0 fully saturated rings. The molecular formula is C30H36ClN3O5S. The Labute approximate surface area is 241 Å². The molecule has 0 aromatic heterocycles. The minimum Gasteiger partial charge on any atom is -0.495 e. The summed E-state index contributed by atoms with van der Waals surface area (Å²) in [6.45, 7) is 5.50. The van der Waals surface area contributed by atoms with E-state index in [2.05, 4.69) is 5.32 Å². The van der Waals surface area contributed by atoms with Gasteiger partial charge in [-0.1, -0.05) is 66.9 Å². The summed E-state index contributed by atoms with van der Waals surface area (Å²) < 4.78 is 34.4. The summed E-state index contributed by atoms with van der Waals surface area (Å²) in [4.78, 5) is 28.4. The molecule has 214 valence electrons. The summed E-state index contributed by atoms with van der Waals surface area (Å²) in [5, 5.41) is 3.36. The van der Waals surface area contributed by atoms with Gasteiger partial charge in [-0.25, -0.2) is 8.42 Å². The average Bonchev–Trinajstić information content (AvgIpc) is 2.94. The fourth-order valence-electron chi connectivity index (χ4n) is 4.14. The van der Waals surface area contributed by atoms with E-state index in [1.54, 1.807) is 67.6 Å². The van der Waals surface area contributed by atoms with E-state index in [-0.39, 0.29) is 28.8 Å². The lowest BCUT2D eigenvalue weighted by molar-refractivity contribution is -0.139. The number of methoxy groups -OCH3 is 1. The van der Waals surface area contributed by atoms with Crippen LogP contribution in [0.25, 0.3) is 0 Å². The number of hydrogen-bond donors (Lipinski definition) is 1. The molecule has 0 unspecified atom stereocenters. The van der Waals surface area contributed by atoms with Crippen LogP contribution in [-0.4, -0.2) is 51.4 Å². The highest BCUT2D eigenvalue weighted by atomic mass is 35.5. The highest BCUT2D eigenvalue weighted by Crippen LogP contribution is 2.32. The zero-order valence-electron chi connectivity index (χ0n) is 23.3. The number of rotatable bonds is 13. The van der Waals surface area contributed by atoms with Gasteiger partial charge in [0.2, 0.25) is 11.8 Å². The Morgan fingerprint density at radius 1 is 1.02 bits per heavy atom. The van der Waals surface area contributed by atoms with Crippen molar-refractivity contribution in [3.63, 3.8) is 0 Å². The number of amides is 2. The van der Waals surface area contributed by atoms with E-state index in [0.717, 1.165) is 22.7 Å². The van der Waals surface area contributed by atoms with Crippen molar-refractivity contribution >= 4 is 39.1 Å². The van der Waals surface area contributed by atoms with Crippen molar-refractivity contribution in [3.8, 4) is 5.75 Å². The number of para-hydroxylation sites is 2. The zero-order valence-corrected chi connectivity index (χ0v) is 24.8. The molecule has 8 nitrogen and oxygen atoms in total. The van der Waals surface area contributed by atoms with Crippen molar-refractivity contribution in [3.05, 3.63) is 88.9 Å². The first-order valence-corrected chi connectivity index (χ1v) is 14.9. The van der Waals surface area contributed by atoms with Crippen LogP contribution in [-0.2, 0) is 26.2 Å². The number of nitrogens with zero attached hydrogens (tertiary/aromatic N) is 2. The molecule has 2 amide bonds.